The molecule has 6 rings (SSSR count). The van der Waals surface area contributed by atoms with Gasteiger partial charge in [-0.05, 0) is 23.7 Å². The molecule has 6 nitrogen and oxygen atoms in total. The largest absolute Gasteiger partial charge is 0.455 e. The zero-order valence-electron chi connectivity index (χ0n) is 14.8. The second-order valence-corrected chi connectivity index (χ2v) is 6.76. The number of benzene rings is 2. The minimum Gasteiger partial charge on any atom is -0.455 e. The summed E-state index contributed by atoms with van der Waals surface area (Å²) in [5.41, 5.74) is 7.17. The first-order valence-electron chi connectivity index (χ1n) is 8.75. The number of rotatable bonds is 1. The average Bonchev–Trinajstić information content (AvgIpc) is 3.35. The van der Waals surface area contributed by atoms with Crippen LogP contribution in [0.2, 0.25) is 0 Å². The van der Waals surface area contributed by atoms with Gasteiger partial charge in [0.15, 0.2) is 18.2 Å². The number of hydrogen-bond acceptors (Lipinski definition) is 4. The smallest absolute Gasteiger partial charge is 0.270 e. The van der Waals surface area contributed by atoms with Crippen LogP contribution in [0, 0.1) is 6.92 Å². The number of para-hydroxylation sites is 1. The van der Waals surface area contributed by atoms with Gasteiger partial charge in [0.1, 0.15) is 29.1 Å². The molecular formula is C21H15N4O2+. The highest BCUT2D eigenvalue weighted by Gasteiger charge is 2.27. The average molecular weight is 355 g/mol. The van der Waals surface area contributed by atoms with E-state index in [1.165, 1.54) is 0 Å². The van der Waals surface area contributed by atoms with Gasteiger partial charge in [-0.2, -0.15) is 4.57 Å². The first kappa shape index (κ1) is 14.5. The van der Waals surface area contributed by atoms with Crippen molar-refractivity contribution in [2.24, 2.45) is 7.05 Å². The second-order valence-electron chi connectivity index (χ2n) is 6.76. The van der Waals surface area contributed by atoms with Gasteiger partial charge in [-0.3, -0.25) is 0 Å². The van der Waals surface area contributed by atoms with Crippen LogP contribution in [-0.2, 0) is 7.05 Å². The molecule has 2 aromatic carbocycles. The molecule has 6 heteroatoms. The van der Waals surface area contributed by atoms with Crippen LogP contribution < -0.4 is 4.68 Å². The third kappa shape index (κ3) is 1.81. The molecule has 0 saturated carbocycles. The van der Waals surface area contributed by atoms with E-state index in [0.29, 0.717) is 0 Å². The molecule has 130 valence electrons. The summed E-state index contributed by atoms with van der Waals surface area (Å²) in [6.45, 7) is 2.08. The standard InChI is InChI=1S/C21H15N4O2/c1-12-7-8-14-13-5-3-4-6-16(13)27-21(14)18(12)20-19-15(11-22-24(20)2)25-17(23-19)9-10-26-25/h3-11H,1-2H3/q+1. The molecule has 0 bridgehead atoms. The topological polar surface area (TPSA) is 60.4 Å². The second kappa shape index (κ2) is 4.94. The van der Waals surface area contributed by atoms with E-state index in [0.717, 1.165) is 55.4 Å². The van der Waals surface area contributed by atoms with Crippen LogP contribution in [0.3, 0.4) is 0 Å². The molecule has 0 aliphatic carbocycles. The maximum atomic E-state index is 6.28. The van der Waals surface area contributed by atoms with Gasteiger partial charge in [0.05, 0.1) is 5.56 Å². The molecule has 0 saturated heterocycles. The van der Waals surface area contributed by atoms with Crippen molar-refractivity contribution in [2.75, 3.05) is 0 Å². The van der Waals surface area contributed by atoms with Crippen molar-refractivity contribution in [1.29, 1.82) is 0 Å². The fraction of sp³-hybridized carbons (Fsp3) is 0.0952. The van der Waals surface area contributed by atoms with Gasteiger partial charge < -0.3 is 8.94 Å². The predicted octanol–water partition coefficient (Wildman–Crippen LogP) is 4.17. The van der Waals surface area contributed by atoms with Crippen molar-refractivity contribution in [3.05, 3.63) is 60.5 Å². The summed E-state index contributed by atoms with van der Waals surface area (Å²) in [5.74, 6) is 0. The molecular weight excluding hydrogens is 340 g/mol. The monoisotopic (exact) mass is 355 g/mol. The Kier molecular flexibility index (Phi) is 2.65. The highest BCUT2D eigenvalue weighted by molar-refractivity contribution is 6.11. The van der Waals surface area contributed by atoms with Gasteiger partial charge in [-0.15, -0.1) is 0 Å². The normalized spacial score (nSPS) is 12.1. The van der Waals surface area contributed by atoms with Crippen molar-refractivity contribution in [1.82, 2.24) is 14.7 Å². The molecule has 0 aliphatic rings. The van der Waals surface area contributed by atoms with E-state index in [4.69, 9.17) is 13.9 Å². The van der Waals surface area contributed by atoms with Gasteiger partial charge in [-0.25, -0.2) is 4.98 Å². The summed E-state index contributed by atoms with van der Waals surface area (Å²) in [6, 6.07) is 14.2. The van der Waals surface area contributed by atoms with Crippen molar-refractivity contribution in [3.63, 3.8) is 0 Å². The van der Waals surface area contributed by atoms with Crippen LogP contribution in [0.25, 0.3) is 49.9 Å². The van der Waals surface area contributed by atoms with Crippen molar-refractivity contribution >= 4 is 38.6 Å². The molecule has 0 atom stereocenters. The third-order valence-corrected chi connectivity index (χ3v) is 5.17. The Balaban J connectivity index is 1.82. The molecule has 0 radical (unpaired) electrons. The first-order chi connectivity index (χ1) is 13.2. The van der Waals surface area contributed by atoms with E-state index in [-0.39, 0.29) is 0 Å². The summed E-state index contributed by atoms with van der Waals surface area (Å²) >= 11 is 0. The highest BCUT2D eigenvalue weighted by atomic mass is 16.5. The molecule has 0 N–H and O–H groups in total. The van der Waals surface area contributed by atoms with E-state index in [1.54, 1.807) is 17.0 Å². The minimum absolute atomic E-state index is 0.758. The highest BCUT2D eigenvalue weighted by Crippen LogP contribution is 2.38. The number of furan rings is 1. The lowest BCUT2D eigenvalue weighted by atomic mass is 10.0. The number of imidazole rings is 1. The SMILES string of the molecule is Cc1ccc2c(oc3ccccc32)c1-c1c2nc3ccon3c2cn[n+]1C. The summed E-state index contributed by atoms with van der Waals surface area (Å²) in [6.07, 6.45) is 3.40. The predicted molar refractivity (Wildman–Crippen MR) is 101 cm³/mol. The number of nitrogens with zero attached hydrogens (tertiary/aromatic N) is 4. The van der Waals surface area contributed by atoms with Crippen molar-refractivity contribution in [3.8, 4) is 11.3 Å². The summed E-state index contributed by atoms with van der Waals surface area (Å²) in [5, 5.41) is 6.74. The van der Waals surface area contributed by atoms with Crippen molar-refractivity contribution in [2.45, 2.75) is 6.92 Å². The van der Waals surface area contributed by atoms with Gasteiger partial charge in [0.2, 0.25) is 0 Å². The zero-order valence-corrected chi connectivity index (χ0v) is 14.8. The third-order valence-electron chi connectivity index (χ3n) is 5.17. The van der Waals surface area contributed by atoms with E-state index in [1.807, 2.05) is 36.0 Å². The minimum atomic E-state index is 0.758. The number of fused-ring (bicyclic) bond motifs is 6. The lowest BCUT2D eigenvalue weighted by Gasteiger charge is -2.04. The Hall–Kier alpha value is -3.67. The molecule has 27 heavy (non-hydrogen) atoms. The molecule has 4 heterocycles. The van der Waals surface area contributed by atoms with Crippen LogP contribution in [0.4, 0.5) is 0 Å². The van der Waals surface area contributed by atoms with Crippen LogP contribution in [0.1, 0.15) is 5.56 Å². The van der Waals surface area contributed by atoms with Crippen LogP contribution in [0.15, 0.2) is 63.9 Å². The lowest BCUT2D eigenvalue weighted by molar-refractivity contribution is -0.719. The van der Waals surface area contributed by atoms with E-state index >= 15 is 0 Å². The molecule has 6 aromatic rings. The van der Waals surface area contributed by atoms with Crippen LogP contribution in [-0.4, -0.2) is 14.7 Å². The quantitative estimate of drug-likeness (QED) is 0.415. The van der Waals surface area contributed by atoms with Gasteiger partial charge in [-0.1, -0.05) is 35.0 Å². The zero-order chi connectivity index (χ0) is 18.1. The van der Waals surface area contributed by atoms with Gasteiger partial charge >= 0.3 is 0 Å². The van der Waals surface area contributed by atoms with Crippen molar-refractivity contribution < 1.29 is 13.6 Å². The fourth-order valence-electron chi connectivity index (χ4n) is 3.91. The molecule has 0 fully saturated rings. The lowest BCUT2D eigenvalue weighted by Crippen LogP contribution is -2.35. The molecule has 0 aliphatic heterocycles. The Morgan fingerprint density at radius 1 is 1.04 bits per heavy atom. The summed E-state index contributed by atoms with van der Waals surface area (Å²) in [7, 11) is 1.93. The Morgan fingerprint density at radius 3 is 2.85 bits per heavy atom. The molecule has 0 amide bonds. The molecule has 4 aromatic heterocycles. The number of aromatic nitrogens is 4. The summed E-state index contributed by atoms with van der Waals surface area (Å²) < 4.78 is 15.4. The Bertz CT molecular complexity index is 1500. The van der Waals surface area contributed by atoms with Gasteiger partial charge in [0, 0.05) is 16.8 Å². The van der Waals surface area contributed by atoms with E-state index in [9.17, 15) is 0 Å². The number of hydrogen-bond donors (Lipinski definition) is 0. The first-order valence-corrected chi connectivity index (χ1v) is 8.75. The molecule has 0 unspecified atom stereocenters. The van der Waals surface area contributed by atoms with Gasteiger partial charge in [0.25, 0.3) is 5.69 Å². The Labute approximate surface area is 153 Å². The van der Waals surface area contributed by atoms with E-state index < -0.39 is 0 Å². The fourth-order valence-corrected chi connectivity index (χ4v) is 3.91. The maximum Gasteiger partial charge on any atom is 0.270 e. The number of aryl methyl sites for hydroxylation is 2. The maximum absolute atomic E-state index is 6.28. The van der Waals surface area contributed by atoms with Crippen LogP contribution >= 0.6 is 0 Å². The van der Waals surface area contributed by atoms with Crippen LogP contribution in [0.5, 0.6) is 0 Å². The Morgan fingerprint density at radius 2 is 1.93 bits per heavy atom. The molecule has 0 spiro atoms. The summed E-state index contributed by atoms with van der Waals surface area (Å²) in [4.78, 5) is 4.78. The van der Waals surface area contributed by atoms with E-state index in [2.05, 4.69) is 30.2 Å².